The van der Waals surface area contributed by atoms with Gasteiger partial charge in [0, 0.05) is 40.0 Å². The van der Waals surface area contributed by atoms with E-state index in [4.69, 9.17) is 11.5 Å². The van der Waals surface area contributed by atoms with Gasteiger partial charge in [-0.1, -0.05) is 0 Å². The molecule has 13 heteroatoms. The van der Waals surface area contributed by atoms with E-state index in [0.717, 1.165) is 4.57 Å². The van der Waals surface area contributed by atoms with E-state index in [1.807, 2.05) is 0 Å². The Hall–Kier alpha value is -3.03. The Balaban J connectivity index is 2.03. The van der Waals surface area contributed by atoms with Gasteiger partial charge in [0.2, 0.25) is 11.8 Å². The van der Waals surface area contributed by atoms with Crippen molar-refractivity contribution < 1.29 is 19.8 Å². The predicted octanol–water partition coefficient (Wildman–Crippen LogP) is -3.09. The summed E-state index contributed by atoms with van der Waals surface area (Å²) in [6.07, 6.45) is 0.221. The van der Waals surface area contributed by atoms with Crippen LogP contribution in [0.3, 0.4) is 0 Å². The number of likely N-dealkylation sites (tertiary alicyclic amines) is 1. The highest BCUT2D eigenvalue weighted by Gasteiger charge is 2.42. The molecular formula is C19H29N7O6. The second kappa shape index (κ2) is 8.48. The minimum atomic E-state index is -1.51. The molecular weight excluding hydrogens is 422 g/mol. The maximum Gasteiger partial charge on any atom is 0.332 e. The van der Waals surface area contributed by atoms with Gasteiger partial charge < -0.3 is 31.1 Å². The highest BCUT2D eigenvalue weighted by atomic mass is 16.3. The van der Waals surface area contributed by atoms with E-state index in [9.17, 15) is 29.4 Å². The zero-order chi connectivity index (χ0) is 24.0. The molecule has 2 aromatic rings. The van der Waals surface area contributed by atoms with Crippen LogP contribution in [0.2, 0.25) is 0 Å². The molecule has 6 N–H and O–H groups in total. The summed E-state index contributed by atoms with van der Waals surface area (Å²) in [6, 6.07) is -1.82. The quantitative estimate of drug-likeness (QED) is 0.367. The SMILES string of the molecule is Cn1c(=O)c2c(ncn2[C@H]2CN(C(=O)CC[C@H](N)C(N)=O)C[C@H](O)C[C@]2(C)O)n(C)c1=O. The molecule has 176 valence electrons. The zero-order valence-corrected chi connectivity index (χ0v) is 18.3. The van der Waals surface area contributed by atoms with Gasteiger partial charge >= 0.3 is 5.69 Å². The lowest BCUT2D eigenvalue weighted by atomic mass is 9.91. The molecule has 1 saturated heterocycles. The average molecular weight is 451 g/mol. The number of primary amides is 1. The summed E-state index contributed by atoms with van der Waals surface area (Å²) in [5.74, 6) is -1.10. The maximum absolute atomic E-state index is 12.9. The normalized spacial score (nSPS) is 25.0. The summed E-state index contributed by atoms with van der Waals surface area (Å²) in [5.41, 5.74) is 8.35. The number of carbonyl (C=O) groups excluding carboxylic acids is 2. The maximum atomic E-state index is 12.9. The molecule has 13 nitrogen and oxygen atoms in total. The highest BCUT2D eigenvalue weighted by Crippen LogP contribution is 2.33. The van der Waals surface area contributed by atoms with Crippen LogP contribution in [-0.4, -0.2) is 76.4 Å². The molecule has 0 radical (unpaired) electrons. The fourth-order valence-corrected chi connectivity index (χ4v) is 4.18. The van der Waals surface area contributed by atoms with E-state index in [2.05, 4.69) is 4.98 Å². The van der Waals surface area contributed by atoms with Crippen molar-refractivity contribution in [2.75, 3.05) is 13.1 Å². The van der Waals surface area contributed by atoms with Gasteiger partial charge in [-0.05, 0) is 13.3 Å². The molecule has 3 rings (SSSR count). The zero-order valence-electron chi connectivity index (χ0n) is 18.3. The van der Waals surface area contributed by atoms with Gasteiger partial charge in [0.1, 0.15) is 0 Å². The number of nitrogens with two attached hydrogens (primary N) is 2. The number of aryl methyl sites for hydroxylation is 1. The molecule has 0 unspecified atom stereocenters. The Morgan fingerprint density at radius 1 is 1.28 bits per heavy atom. The van der Waals surface area contributed by atoms with E-state index in [1.165, 1.54) is 41.4 Å². The summed E-state index contributed by atoms with van der Waals surface area (Å²) in [5, 5.41) is 21.6. The van der Waals surface area contributed by atoms with Gasteiger partial charge in [0.15, 0.2) is 11.2 Å². The van der Waals surface area contributed by atoms with Gasteiger partial charge in [-0.2, -0.15) is 0 Å². The number of aromatic nitrogens is 4. The highest BCUT2D eigenvalue weighted by molar-refractivity contribution is 5.81. The molecule has 32 heavy (non-hydrogen) atoms. The fraction of sp³-hybridized carbons (Fsp3) is 0.632. The van der Waals surface area contributed by atoms with Crippen molar-refractivity contribution in [1.29, 1.82) is 0 Å². The monoisotopic (exact) mass is 451 g/mol. The molecule has 3 heterocycles. The second-order valence-electron chi connectivity index (χ2n) is 8.61. The topological polar surface area (TPSA) is 192 Å². The van der Waals surface area contributed by atoms with Gasteiger partial charge in [-0.25, -0.2) is 9.78 Å². The third kappa shape index (κ3) is 4.18. The second-order valence-corrected chi connectivity index (χ2v) is 8.61. The number of aliphatic hydroxyl groups is 2. The minimum absolute atomic E-state index is 0.0356. The van der Waals surface area contributed by atoms with Crippen molar-refractivity contribution in [2.45, 2.75) is 50.0 Å². The van der Waals surface area contributed by atoms with Gasteiger partial charge in [0.25, 0.3) is 5.56 Å². The van der Waals surface area contributed by atoms with Crippen molar-refractivity contribution in [2.24, 2.45) is 25.6 Å². The molecule has 0 bridgehead atoms. The average Bonchev–Trinajstić information content (AvgIpc) is 3.10. The molecule has 0 spiro atoms. The first-order valence-electron chi connectivity index (χ1n) is 10.2. The number of carbonyl (C=O) groups is 2. The van der Waals surface area contributed by atoms with Gasteiger partial charge in [-0.15, -0.1) is 0 Å². The first kappa shape index (κ1) is 23.6. The Bertz CT molecular complexity index is 1160. The van der Waals surface area contributed by atoms with Crippen LogP contribution >= 0.6 is 0 Å². The number of hydrogen-bond acceptors (Lipinski definition) is 8. The summed E-state index contributed by atoms with van der Waals surface area (Å²) < 4.78 is 3.61. The smallest absolute Gasteiger partial charge is 0.332 e. The van der Waals surface area contributed by atoms with Crippen LogP contribution in [-0.2, 0) is 23.7 Å². The first-order valence-corrected chi connectivity index (χ1v) is 10.2. The molecule has 2 aromatic heterocycles. The summed E-state index contributed by atoms with van der Waals surface area (Å²) in [7, 11) is 2.82. The van der Waals surface area contributed by atoms with E-state index in [0.29, 0.717) is 0 Å². The van der Waals surface area contributed by atoms with Crippen LogP contribution in [0.4, 0.5) is 0 Å². The lowest BCUT2D eigenvalue weighted by Crippen LogP contribution is -2.44. The molecule has 1 aliphatic heterocycles. The Labute approximate surface area is 182 Å². The van der Waals surface area contributed by atoms with E-state index in [-0.39, 0.29) is 49.4 Å². The Kier molecular flexibility index (Phi) is 6.26. The number of β-amino-alcohol motifs (C(OH)–C–C–N with tert-alkyl or cyclic N) is 1. The third-order valence-corrected chi connectivity index (χ3v) is 6.09. The number of rotatable bonds is 5. The minimum Gasteiger partial charge on any atom is -0.391 e. The third-order valence-electron chi connectivity index (χ3n) is 6.09. The van der Waals surface area contributed by atoms with Crippen LogP contribution in [0.5, 0.6) is 0 Å². The Morgan fingerprint density at radius 3 is 2.56 bits per heavy atom. The van der Waals surface area contributed by atoms with Gasteiger partial charge in [-0.3, -0.25) is 23.5 Å². The number of fused-ring (bicyclic) bond motifs is 1. The van der Waals surface area contributed by atoms with E-state index >= 15 is 0 Å². The number of imidazole rings is 1. The molecule has 1 fully saturated rings. The fourth-order valence-electron chi connectivity index (χ4n) is 4.18. The molecule has 2 amide bonds. The lowest BCUT2D eigenvalue weighted by Gasteiger charge is -2.34. The molecule has 1 aliphatic rings. The van der Waals surface area contributed by atoms with Crippen molar-refractivity contribution in [1.82, 2.24) is 23.6 Å². The number of amides is 2. The predicted molar refractivity (Wildman–Crippen MR) is 113 cm³/mol. The van der Waals surface area contributed by atoms with Crippen LogP contribution in [0.1, 0.15) is 32.2 Å². The lowest BCUT2D eigenvalue weighted by molar-refractivity contribution is -0.133. The van der Waals surface area contributed by atoms with E-state index in [1.54, 1.807) is 0 Å². The molecule has 0 aromatic carbocycles. The van der Waals surface area contributed by atoms with Crippen LogP contribution in [0, 0.1) is 0 Å². The largest absolute Gasteiger partial charge is 0.391 e. The number of nitrogens with zero attached hydrogens (tertiary/aromatic N) is 5. The van der Waals surface area contributed by atoms with Gasteiger partial charge in [0.05, 0.1) is 30.1 Å². The standard InChI is InChI=1S/C19H29N7O6/c1-19(32)6-10(27)7-25(13(28)5-4-11(20)15(21)29)8-12(19)26-9-22-16-14(26)17(30)24(3)18(31)23(16)2/h9-12,27,32H,4-8,20H2,1-3H3,(H2,21,29)/t10-,11+,12+,19+/m1/s1. The summed E-state index contributed by atoms with van der Waals surface area (Å²) in [6.45, 7) is 1.43. The molecule has 0 saturated carbocycles. The van der Waals surface area contributed by atoms with Crippen molar-refractivity contribution in [3.63, 3.8) is 0 Å². The number of aliphatic hydroxyl groups excluding tert-OH is 1. The van der Waals surface area contributed by atoms with Crippen LogP contribution < -0.4 is 22.7 Å². The molecule has 0 aliphatic carbocycles. The summed E-state index contributed by atoms with van der Waals surface area (Å²) in [4.78, 5) is 54.6. The van der Waals surface area contributed by atoms with Crippen LogP contribution in [0.25, 0.3) is 11.2 Å². The summed E-state index contributed by atoms with van der Waals surface area (Å²) >= 11 is 0. The Morgan fingerprint density at radius 2 is 1.94 bits per heavy atom. The van der Waals surface area contributed by atoms with E-state index < -0.39 is 40.9 Å². The number of hydrogen-bond donors (Lipinski definition) is 4. The van der Waals surface area contributed by atoms with Crippen molar-refractivity contribution in [3.05, 3.63) is 27.2 Å². The molecule has 4 atom stereocenters. The van der Waals surface area contributed by atoms with Crippen molar-refractivity contribution in [3.8, 4) is 0 Å². The van der Waals surface area contributed by atoms with Crippen LogP contribution in [0.15, 0.2) is 15.9 Å². The van der Waals surface area contributed by atoms with Crippen molar-refractivity contribution >= 4 is 23.0 Å². The first-order chi connectivity index (χ1) is 14.8.